The maximum atomic E-state index is 14.2. The Labute approximate surface area is 528 Å². The third-order valence-corrected chi connectivity index (χ3v) is 17.2. The zero-order valence-electron chi connectivity index (χ0n) is 52.6. The van der Waals surface area contributed by atoms with Gasteiger partial charge in [0.25, 0.3) is 47.3 Å². The fourth-order valence-electron chi connectivity index (χ4n) is 12.1. The molecule has 23 nitrogen and oxygen atoms in total. The molecule has 0 radical (unpaired) electrons. The van der Waals surface area contributed by atoms with E-state index >= 15 is 0 Å². The first-order valence-corrected chi connectivity index (χ1v) is 32.0. The maximum Gasteiger partial charge on any atom is 0.309 e. The lowest BCUT2D eigenvalue weighted by Gasteiger charge is -2.32. The van der Waals surface area contributed by atoms with Crippen molar-refractivity contribution in [2.24, 2.45) is 23.7 Å². The number of esters is 4. The molecule has 0 bridgehead atoms. The van der Waals surface area contributed by atoms with Crippen LogP contribution < -0.4 is 0 Å². The summed E-state index contributed by atoms with van der Waals surface area (Å²) in [5.74, 6) is -11.1. The Bertz CT molecular complexity index is 3330. The molecular weight excluding hydrogens is 1180 g/mol. The quantitative estimate of drug-likeness (QED) is 0.0191. The summed E-state index contributed by atoms with van der Waals surface area (Å²) in [6, 6.07) is 12.0. The maximum absolute atomic E-state index is 14.2. The molecule has 8 amide bonds. The molecule has 91 heavy (non-hydrogen) atoms. The summed E-state index contributed by atoms with van der Waals surface area (Å²) in [7, 11) is 0. The van der Waals surface area contributed by atoms with Crippen LogP contribution in [0.2, 0.25) is 0 Å². The van der Waals surface area contributed by atoms with E-state index in [1.807, 2.05) is 13.8 Å². The van der Waals surface area contributed by atoms with Crippen molar-refractivity contribution >= 4 is 92.7 Å². The van der Waals surface area contributed by atoms with Gasteiger partial charge in [-0.2, -0.15) is 0 Å². The van der Waals surface area contributed by atoms with Crippen molar-refractivity contribution in [2.45, 2.75) is 125 Å². The Balaban J connectivity index is 0.874. The number of nitrogens with zero attached hydrogens (tertiary/aromatic N) is 4. The number of rotatable bonds is 38. The van der Waals surface area contributed by atoms with Gasteiger partial charge in [-0.15, -0.1) is 0 Å². The minimum atomic E-state index is -1.13. The van der Waals surface area contributed by atoms with Crippen molar-refractivity contribution in [3.63, 3.8) is 0 Å². The van der Waals surface area contributed by atoms with Gasteiger partial charge in [0.2, 0.25) is 0 Å². The van der Waals surface area contributed by atoms with E-state index < -0.39 is 94.8 Å². The van der Waals surface area contributed by atoms with E-state index in [9.17, 15) is 62.6 Å². The summed E-state index contributed by atoms with van der Waals surface area (Å²) >= 11 is 0. The molecular formula is C68H82N4O19. The van der Waals surface area contributed by atoms with Crippen LogP contribution in [0.3, 0.4) is 0 Å². The highest BCUT2D eigenvalue weighted by Crippen LogP contribution is 2.40. The zero-order chi connectivity index (χ0) is 65.5. The van der Waals surface area contributed by atoms with Crippen molar-refractivity contribution in [3.8, 4) is 0 Å². The molecule has 488 valence electrons. The molecule has 0 aromatic heterocycles. The SMILES string of the molecule is CCCCCCN1C(=O)c2ccc3c4c(ccc(c24)C1=O)C(=O)N(CCOCCOC(=O)C(CC(CC)C(=O)OCCOCCN1C(=O)c2ccc4c5c(ccc(c25)C1=O)C(=O)N(CCCC)C4=O)CC(CC(C)C(=O)OCCCCO)C(=O)OCCCC)C3=O. The summed E-state index contributed by atoms with van der Waals surface area (Å²) in [5.41, 5.74) is 1.58. The van der Waals surface area contributed by atoms with Crippen LogP contribution in [0.1, 0.15) is 207 Å². The lowest BCUT2D eigenvalue weighted by Crippen LogP contribution is -2.44. The van der Waals surface area contributed by atoms with Crippen molar-refractivity contribution in [3.05, 3.63) is 93.0 Å². The molecule has 0 spiro atoms. The molecule has 4 aromatic rings. The van der Waals surface area contributed by atoms with E-state index in [-0.39, 0.29) is 177 Å². The lowest BCUT2D eigenvalue weighted by molar-refractivity contribution is -0.157. The minimum Gasteiger partial charge on any atom is -0.465 e. The Hall–Kier alpha value is -8.28. The molecule has 1 N–H and O–H groups in total. The average Bonchev–Trinajstić information content (AvgIpc) is 0.727. The van der Waals surface area contributed by atoms with Crippen LogP contribution >= 0.6 is 0 Å². The van der Waals surface area contributed by atoms with Crippen molar-refractivity contribution in [1.82, 2.24) is 19.6 Å². The van der Waals surface area contributed by atoms with Crippen molar-refractivity contribution < 1.29 is 91.1 Å². The van der Waals surface area contributed by atoms with Crippen LogP contribution in [0.25, 0.3) is 21.5 Å². The Morgan fingerprint density at radius 2 is 0.681 bits per heavy atom. The number of hydrogen-bond donors (Lipinski definition) is 1. The highest BCUT2D eigenvalue weighted by molar-refractivity contribution is 6.34. The number of hydrogen-bond acceptors (Lipinski definition) is 19. The first-order chi connectivity index (χ1) is 43.9. The van der Waals surface area contributed by atoms with Gasteiger partial charge < -0.3 is 33.5 Å². The van der Waals surface area contributed by atoms with Crippen LogP contribution in [-0.4, -0.2) is 181 Å². The second-order valence-electron chi connectivity index (χ2n) is 23.4. The molecule has 4 aliphatic heterocycles. The van der Waals surface area contributed by atoms with Crippen LogP contribution in [0.15, 0.2) is 48.5 Å². The molecule has 4 atom stereocenters. The smallest absolute Gasteiger partial charge is 0.309 e. The number of amides is 8. The van der Waals surface area contributed by atoms with E-state index in [0.29, 0.717) is 32.1 Å². The van der Waals surface area contributed by atoms with E-state index in [1.54, 1.807) is 13.8 Å². The van der Waals surface area contributed by atoms with Crippen molar-refractivity contribution in [1.29, 1.82) is 0 Å². The normalized spacial score (nSPS) is 15.6. The topological polar surface area (TPSA) is 293 Å². The van der Waals surface area contributed by atoms with Gasteiger partial charge in [-0.3, -0.25) is 77.1 Å². The number of unbranched alkanes of at least 4 members (excludes halogenated alkanes) is 6. The molecule has 23 heteroatoms. The second-order valence-corrected chi connectivity index (χ2v) is 23.4. The molecule has 4 heterocycles. The molecule has 0 aliphatic carbocycles. The van der Waals surface area contributed by atoms with Gasteiger partial charge in [0.05, 0.1) is 76.4 Å². The first-order valence-electron chi connectivity index (χ1n) is 32.0. The highest BCUT2D eigenvalue weighted by atomic mass is 16.6. The molecule has 4 aliphatic rings. The van der Waals surface area contributed by atoms with Gasteiger partial charge in [-0.25, -0.2) is 0 Å². The molecule has 0 fully saturated rings. The van der Waals surface area contributed by atoms with E-state index in [1.165, 1.54) is 58.3 Å². The fourth-order valence-corrected chi connectivity index (χ4v) is 12.1. The molecule has 4 unspecified atom stereocenters. The number of benzene rings is 4. The number of imide groups is 4. The number of aliphatic hydroxyl groups is 1. The minimum absolute atomic E-state index is 0.0542. The standard InChI is InChI=1S/C68H82N4O19/c1-6-10-13-14-26-70-59(76)47-19-23-51-56-52(24-20-48(54(47)56)60(70)77)64(81)72(63(51)80)28-33-87-35-37-91-68(85)44(40-43(67(84)89-30-12-8-3)38-41(5)65(82)88-31-16-15-29-73)39-42(9-4)66(83)90-36-34-86-32-27-71-61(78)49-21-17-45-53-46(18-22-50(55(49)53)62(71)79)58(75)69(57(45)74)25-11-7-2/h17-24,41-44,73H,6-16,25-40H2,1-5H3. The van der Waals surface area contributed by atoms with Gasteiger partial charge in [-0.1, -0.05) is 66.7 Å². The molecule has 8 rings (SSSR count). The van der Waals surface area contributed by atoms with Crippen LogP contribution in [-0.2, 0) is 47.6 Å². The monoisotopic (exact) mass is 1260 g/mol. The van der Waals surface area contributed by atoms with Crippen LogP contribution in [0.5, 0.6) is 0 Å². The number of ether oxygens (including phenoxy) is 6. The second kappa shape index (κ2) is 32.1. The van der Waals surface area contributed by atoms with Gasteiger partial charge in [0, 0.05) is 85.7 Å². The number of aliphatic hydroxyl groups excluding tert-OH is 1. The molecule has 0 saturated carbocycles. The van der Waals surface area contributed by atoms with E-state index in [4.69, 9.17) is 28.4 Å². The van der Waals surface area contributed by atoms with E-state index in [0.717, 1.165) is 41.9 Å². The van der Waals surface area contributed by atoms with Crippen LogP contribution in [0, 0.1) is 23.7 Å². The Morgan fingerprint density at radius 1 is 0.352 bits per heavy atom. The highest BCUT2D eigenvalue weighted by Gasteiger charge is 2.42. The zero-order valence-corrected chi connectivity index (χ0v) is 52.6. The van der Waals surface area contributed by atoms with Gasteiger partial charge in [0.15, 0.2) is 0 Å². The van der Waals surface area contributed by atoms with Gasteiger partial charge in [0.1, 0.15) is 13.2 Å². The summed E-state index contributed by atoms with van der Waals surface area (Å²) in [6.45, 7) is 8.21. The molecule has 0 saturated heterocycles. The first kappa shape index (κ1) is 68.6. The average molecular weight is 1260 g/mol. The largest absolute Gasteiger partial charge is 0.465 e. The predicted molar refractivity (Wildman–Crippen MR) is 329 cm³/mol. The summed E-state index contributed by atoms with van der Waals surface area (Å²) < 4.78 is 33.9. The number of carbonyl (C=O) groups excluding carboxylic acids is 12. The van der Waals surface area contributed by atoms with Crippen molar-refractivity contribution in [2.75, 3.05) is 85.6 Å². The molecule has 4 aromatic carbocycles. The Morgan fingerprint density at radius 3 is 1.07 bits per heavy atom. The van der Waals surface area contributed by atoms with E-state index in [2.05, 4.69) is 6.92 Å². The summed E-state index contributed by atoms with van der Waals surface area (Å²) in [5, 5.41) is 10.2. The number of carbonyl (C=O) groups is 12. The van der Waals surface area contributed by atoms with Gasteiger partial charge >= 0.3 is 23.9 Å². The van der Waals surface area contributed by atoms with Crippen LogP contribution in [0.4, 0.5) is 0 Å². The third kappa shape index (κ3) is 15.2. The lowest BCUT2D eigenvalue weighted by atomic mass is 9.82. The third-order valence-electron chi connectivity index (χ3n) is 17.2. The predicted octanol–water partition coefficient (Wildman–Crippen LogP) is 8.30. The summed E-state index contributed by atoms with van der Waals surface area (Å²) in [4.78, 5) is 169. The fraction of sp³-hybridized carbons (Fsp3) is 0.529. The Kier molecular flexibility index (Phi) is 24.2. The summed E-state index contributed by atoms with van der Waals surface area (Å²) in [6.07, 6.45) is 6.74. The van der Waals surface area contributed by atoms with Gasteiger partial charge in [-0.05, 0) is 106 Å².